The van der Waals surface area contributed by atoms with E-state index < -0.39 is 12.4 Å². The Kier molecular flexibility index (Phi) is 3.17. The number of aromatic nitrogens is 2. The largest absolute Gasteiger partial charge is 0.433 e. The van der Waals surface area contributed by atoms with E-state index in [9.17, 15) is 13.2 Å². The molecule has 0 atom stereocenters. The number of nitrogen functional groups attached to an aromatic ring is 1. The predicted molar refractivity (Wildman–Crippen MR) is 72.1 cm³/mol. The fourth-order valence-electron chi connectivity index (χ4n) is 2.17. The van der Waals surface area contributed by atoms with E-state index in [0.717, 1.165) is 0 Å². The number of para-hydroxylation sites is 3. The number of fused-ring (bicyclic) bond motifs is 1. The number of imidazole rings is 1. The van der Waals surface area contributed by atoms with Crippen LogP contribution in [0.1, 0.15) is 0 Å². The van der Waals surface area contributed by atoms with Crippen molar-refractivity contribution in [1.29, 1.82) is 0 Å². The molecule has 0 fully saturated rings. The molecule has 0 aliphatic rings. The second kappa shape index (κ2) is 5.01. The van der Waals surface area contributed by atoms with Gasteiger partial charge in [0.25, 0.3) is 0 Å². The molecule has 2 N–H and O–H groups in total. The number of halogens is 3. The third kappa shape index (κ3) is 2.26. The van der Waals surface area contributed by atoms with Gasteiger partial charge in [-0.2, -0.15) is 8.78 Å². The molecule has 0 saturated heterocycles. The van der Waals surface area contributed by atoms with E-state index in [1.165, 1.54) is 22.8 Å². The molecule has 0 saturated carbocycles. The van der Waals surface area contributed by atoms with Gasteiger partial charge < -0.3 is 10.5 Å². The van der Waals surface area contributed by atoms with Crippen LogP contribution < -0.4 is 10.5 Å². The third-order valence-corrected chi connectivity index (χ3v) is 2.98. The summed E-state index contributed by atoms with van der Waals surface area (Å²) in [7, 11) is 0. The third-order valence-electron chi connectivity index (χ3n) is 2.98. The van der Waals surface area contributed by atoms with Gasteiger partial charge >= 0.3 is 6.61 Å². The number of rotatable bonds is 3. The normalized spacial score (nSPS) is 11.2. The second-order valence-electron chi connectivity index (χ2n) is 4.26. The first kappa shape index (κ1) is 13.3. The first-order chi connectivity index (χ1) is 10.1. The molecule has 0 aliphatic carbocycles. The van der Waals surface area contributed by atoms with E-state index in [-0.39, 0.29) is 22.9 Å². The SMILES string of the molecule is Nc1nc2c(F)cccc2n1-c1ccccc1OC(F)F. The predicted octanol–water partition coefficient (Wildman–Crippen LogP) is 3.35. The summed E-state index contributed by atoms with van der Waals surface area (Å²) in [5, 5.41) is 0. The Morgan fingerprint density at radius 2 is 1.86 bits per heavy atom. The van der Waals surface area contributed by atoms with Crippen LogP contribution in [0.25, 0.3) is 16.7 Å². The molecule has 0 amide bonds. The Labute approximate surface area is 117 Å². The van der Waals surface area contributed by atoms with Crippen LogP contribution in [-0.2, 0) is 0 Å². The molecular weight excluding hydrogens is 283 g/mol. The van der Waals surface area contributed by atoms with Gasteiger partial charge in [-0.1, -0.05) is 18.2 Å². The Hall–Kier alpha value is -2.70. The molecule has 0 aliphatic heterocycles. The molecule has 1 heterocycles. The van der Waals surface area contributed by atoms with Crippen LogP contribution >= 0.6 is 0 Å². The van der Waals surface area contributed by atoms with Crippen LogP contribution in [-0.4, -0.2) is 16.2 Å². The van der Waals surface area contributed by atoms with Gasteiger partial charge in [0.05, 0.1) is 11.2 Å². The van der Waals surface area contributed by atoms with Gasteiger partial charge in [-0.15, -0.1) is 0 Å². The summed E-state index contributed by atoms with van der Waals surface area (Å²) in [6, 6.07) is 10.5. The molecule has 0 unspecified atom stereocenters. The van der Waals surface area contributed by atoms with Crippen LogP contribution in [0.3, 0.4) is 0 Å². The van der Waals surface area contributed by atoms with Crippen molar-refractivity contribution in [2.24, 2.45) is 0 Å². The minimum atomic E-state index is -2.97. The first-order valence-electron chi connectivity index (χ1n) is 6.04. The van der Waals surface area contributed by atoms with Gasteiger partial charge in [-0.25, -0.2) is 9.37 Å². The van der Waals surface area contributed by atoms with Crippen LogP contribution in [0.5, 0.6) is 5.75 Å². The summed E-state index contributed by atoms with van der Waals surface area (Å²) in [6.07, 6.45) is 0. The number of ether oxygens (including phenoxy) is 1. The zero-order chi connectivity index (χ0) is 15.0. The number of alkyl halides is 2. The lowest BCUT2D eigenvalue weighted by molar-refractivity contribution is -0.0498. The Morgan fingerprint density at radius 3 is 2.62 bits per heavy atom. The summed E-state index contributed by atoms with van der Waals surface area (Å²) < 4.78 is 44.5. The van der Waals surface area contributed by atoms with Gasteiger partial charge in [-0.3, -0.25) is 4.57 Å². The van der Waals surface area contributed by atoms with Crippen molar-refractivity contribution < 1.29 is 17.9 Å². The summed E-state index contributed by atoms with van der Waals surface area (Å²) >= 11 is 0. The van der Waals surface area contributed by atoms with Gasteiger partial charge in [-0.05, 0) is 24.3 Å². The molecule has 0 spiro atoms. The fraction of sp³-hybridized carbons (Fsp3) is 0.0714. The highest BCUT2D eigenvalue weighted by atomic mass is 19.3. The number of benzene rings is 2. The quantitative estimate of drug-likeness (QED) is 0.805. The van der Waals surface area contributed by atoms with E-state index in [4.69, 9.17) is 5.73 Å². The highest BCUT2D eigenvalue weighted by Gasteiger charge is 2.17. The standard InChI is InChI=1S/C14H10F3N3O/c15-8-4-3-6-10-12(8)19-14(18)20(10)9-5-1-2-7-11(9)21-13(16)17/h1-7,13H,(H2,18,19). The molecule has 2 aromatic carbocycles. The monoisotopic (exact) mass is 293 g/mol. The van der Waals surface area contributed by atoms with Crippen molar-refractivity contribution in [1.82, 2.24) is 9.55 Å². The maximum Gasteiger partial charge on any atom is 0.387 e. The lowest BCUT2D eigenvalue weighted by atomic mass is 10.2. The van der Waals surface area contributed by atoms with Crippen molar-refractivity contribution >= 4 is 17.0 Å². The molecule has 1 aromatic heterocycles. The lowest BCUT2D eigenvalue weighted by Crippen LogP contribution is -2.07. The Morgan fingerprint density at radius 1 is 1.10 bits per heavy atom. The van der Waals surface area contributed by atoms with Crippen molar-refractivity contribution in [2.45, 2.75) is 6.61 Å². The molecule has 7 heteroatoms. The van der Waals surface area contributed by atoms with Crippen LogP contribution in [0.2, 0.25) is 0 Å². The van der Waals surface area contributed by atoms with Gasteiger partial charge in [0.15, 0.2) is 5.82 Å². The maximum absolute atomic E-state index is 13.7. The molecule has 0 radical (unpaired) electrons. The summed E-state index contributed by atoms with van der Waals surface area (Å²) in [5.74, 6) is -0.617. The highest BCUT2D eigenvalue weighted by Crippen LogP contribution is 2.31. The lowest BCUT2D eigenvalue weighted by Gasteiger charge is -2.12. The number of nitrogens with zero attached hydrogens (tertiary/aromatic N) is 2. The number of nitrogens with two attached hydrogens (primary N) is 1. The Bertz CT molecular complexity index is 801. The first-order valence-corrected chi connectivity index (χ1v) is 6.04. The maximum atomic E-state index is 13.7. The smallest absolute Gasteiger partial charge is 0.387 e. The van der Waals surface area contributed by atoms with Crippen LogP contribution in [0, 0.1) is 5.82 Å². The van der Waals surface area contributed by atoms with Crippen molar-refractivity contribution in [3.63, 3.8) is 0 Å². The van der Waals surface area contributed by atoms with Crippen LogP contribution in [0.4, 0.5) is 19.1 Å². The number of anilines is 1. The van der Waals surface area contributed by atoms with E-state index >= 15 is 0 Å². The van der Waals surface area contributed by atoms with Gasteiger partial charge in [0, 0.05) is 0 Å². The van der Waals surface area contributed by atoms with Crippen molar-refractivity contribution in [3.8, 4) is 11.4 Å². The zero-order valence-electron chi connectivity index (χ0n) is 10.6. The summed E-state index contributed by atoms with van der Waals surface area (Å²) in [4.78, 5) is 3.93. The van der Waals surface area contributed by atoms with E-state index in [1.54, 1.807) is 24.3 Å². The molecule has 0 bridgehead atoms. The summed E-state index contributed by atoms with van der Waals surface area (Å²) in [6.45, 7) is -2.97. The van der Waals surface area contributed by atoms with Crippen molar-refractivity contribution in [3.05, 3.63) is 48.3 Å². The molecule has 4 nitrogen and oxygen atoms in total. The molecule has 3 rings (SSSR count). The van der Waals surface area contributed by atoms with Gasteiger partial charge in [0.1, 0.15) is 11.3 Å². The minimum Gasteiger partial charge on any atom is -0.433 e. The zero-order valence-corrected chi connectivity index (χ0v) is 10.6. The Balaban J connectivity index is 2.26. The molecule has 108 valence electrons. The van der Waals surface area contributed by atoms with Crippen molar-refractivity contribution in [2.75, 3.05) is 5.73 Å². The topological polar surface area (TPSA) is 53.1 Å². The second-order valence-corrected chi connectivity index (χ2v) is 4.26. The fourth-order valence-corrected chi connectivity index (χ4v) is 2.17. The number of hydrogen-bond acceptors (Lipinski definition) is 3. The average molecular weight is 293 g/mol. The number of hydrogen-bond donors (Lipinski definition) is 1. The molecular formula is C14H10F3N3O. The van der Waals surface area contributed by atoms with Crippen LogP contribution in [0.15, 0.2) is 42.5 Å². The average Bonchev–Trinajstić information content (AvgIpc) is 2.77. The van der Waals surface area contributed by atoms with E-state index in [2.05, 4.69) is 9.72 Å². The highest BCUT2D eigenvalue weighted by molar-refractivity contribution is 5.82. The molecule has 21 heavy (non-hydrogen) atoms. The van der Waals surface area contributed by atoms with E-state index in [0.29, 0.717) is 5.52 Å². The minimum absolute atomic E-state index is 0.0135. The summed E-state index contributed by atoms with van der Waals surface area (Å²) in [5.41, 5.74) is 6.51. The molecule has 3 aromatic rings. The van der Waals surface area contributed by atoms with E-state index in [1.807, 2.05) is 0 Å². The van der Waals surface area contributed by atoms with Gasteiger partial charge in [0.2, 0.25) is 5.95 Å².